The van der Waals surface area contributed by atoms with Gasteiger partial charge in [-0.25, -0.2) is 9.78 Å². The minimum Gasteiger partial charge on any atom is -0.478 e. The summed E-state index contributed by atoms with van der Waals surface area (Å²) in [5.41, 5.74) is 0.738. The number of carboxylic acid groups (broad SMARTS) is 1. The van der Waals surface area contributed by atoms with Crippen LogP contribution in [0.1, 0.15) is 41.7 Å². The van der Waals surface area contributed by atoms with E-state index in [1.54, 1.807) is 19.1 Å². The average Bonchev–Trinajstić information content (AvgIpc) is 2.39. The van der Waals surface area contributed by atoms with Gasteiger partial charge < -0.3 is 15.5 Å². The largest absolute Gasteiger partial charge is 0.478 e. The number of aliphatic hydroxyl groups is 1. The lowest BCUT2D eigenvalue weighted by Gasteiger charge is -2.31. The number of anilines is 1. The highest BCUT2D eigenvalue weighted by atomic mass is 16.4. The molecule has 1 aliphatic carbocycles. The lowest BCUT2D eigenvalue weighted by molar-refractivity contribution is 0.0695. The summed E-state index contributed by atoms with van der Waals surface area (Å²) >= 11 is 0. The lowest BCUT2D eigenvalue weighted by Crippen LogP contribution is -2.34. The molecule has 0 aliphatic heterocycles. The number of aryl methyl sites for hydroxylation is 1. The Balaban J connectivity index is 2.10. The molecule has 1 saturated carbocycles. The fourth-order valence-electron chi connectivity index (χ4n) is 2.67. The Morgan fingerprint density at radius 3 is 2.79 bits per heavy atom. The van der Waals surface area contributed by atoms with Gasteiger partial charge in [-0.15, -0.1) is 0 Å². The van der Waals surface area contributed by atoms with Crippen LogP contribution in [0.4, 0.5) is 5.82 Å². The maximum Gasteiger partial charge on any atom is 0.337 e. The molecule has 2 rings (SSSR count). The third-order valence-electron chi connectivity index (χ3n) is 3.79. The number of carbonyl (C=O) groups is 1. The van der Waals surface area contributed by atoms with Crippen molar-refractivity contribution in [3.8, 4) is 0 Å². The SMILES string of the molecule is Cc1nc(NC2CCCCC2CO)ccc1C(=O)O. The van der Waals surface area contributed by atoms with E-state index in [0.717, 1.165) is 25.7 Å². The summed E-state index contributed by atoms with van der Waals surface area (Å²) in [6.45, 7) is 1.88. The number of aliphatic hydroxyl groups excluding tert-OH is 1. The summed E-state index contributed by atoms with van der Waals surface area (Å²) in [4.78, 5) is 15.2. The first-order valence-corrected chi connectivity index (χ1v) is 6.70. The molecular weight excluding hydrogens is 244 g/mol. The summed E-state index contributed by atoms with van der Waals surface area (Å²) in [6.07, 6.45) is 4.36. The molecule has 0 amide bonds. The smallest absolute Gasteiger partial charge is 0.337 e. The summed E-state index contributed by atoms with van der Waals surface area (Å²) in [7, 11) is 0. The van der Waals surface area contributed by atoms with Crippen LogP contribution < -0.4 is 5.32 Å². The second kappa shape index (κ2) is 6.02. The van der Waals surface area contributed by atoms with Crippen LogP contribution in [0.5, 0.6) is 0 Å². The van der Waals surface area contributed by atoms with Gasteiger partial charge >= 0.3 is 5.97 Å². The van der Waals surface area contributed by atoms with Crippen LogP contribution >= 0.6 is 0 Å². The molecule has 1 aliphatic rings. The first-order valence-electron chi connectivity index (χ1n) is 6.70. The molecular formula is C14H20N2O3. The van der Waals surface area contributed by atoms with E-state index in [9.17, 15) is 9.90 Å². The summed E-state index contributed by atoms with van der Waals surface area (Å²) < 4.78 is 0. The zero-order valence-corrected chi connectivity index (χ0v) is 11.1. The van der Waals surface area contributed by atoms with Gasteiger partial charge in [-0.1, -0.05) is 12.8 Å². The van der Waals surface area contributed by atoms with Crippen LogP contribution in [0.3, 0.4) is 0 Å². The van der Waals surface area contributed by atoms with Crippen LogP contribution in [0.25, 0.3) is 0 Å². The van der Waals surface area contributed by atoms with Gasteiger partial charge in [0.2, 0.25) is 0 Å². The molecule has 1 heterocycles. The van der Waals surface area contributed by atoms with Gasteiger partial charge in [0, 0.05) is 18.6 Å². The lowest BCUT2D eigenvalue weighted by atomic mass is 9.85. The number of nitrogens with zero attached hydrogens (tertiary/aromatic N) is 1. The van der Waals surface area contributed by atoms with E-state index in [-0.39, 0.29) is 24.1 Å². The van der Waals surface area contributed by atoms with Crippen molar-refractivity contribution < 1.29 is 15.0 Å². The molecule has 3 N–H and O–H groups in total. The third kappa shape index (κ3) is 3.23. The standard InChI is InChI=1S/C14H20N2O3/c1-9-11(14(18)19)6-7-13(15-9)16-12-5-3-2-4-10(12)8-17/h6-7,10,12,17H,2-5,8H2,1H3,(H,15,16)(H,18,19). The van der Waals surface area contributed by atoms with Crippen molar-refractivity contribution in [2.75, 3.05) is 11.9 Å². The summed E-state index contributed by atoms with van der Waals surface area (Å²) in [6, 6.07) is 3.49. The molecule has 5 heteroatoms. The van der Waals surface area contributed by atoms with Gasteiger partial charge in [-0.3, -0.25) is 0 Å². The van der Waals surface area contributed by atoms with E-state index >= 15 is 0 Å². The van der Waals surface area contributed by atoms with E-state index in [1.165, 1.54) is 0 Å². The molecule has 0 radical (unpaired) electrons. The topological polar surface area (TPSA) is 82.5 Å². The Morgan fingerprint density at radius 1 is 1.42 bits per heavy atom. The number of hydrogen-bond donors (Lipinski definition) is 3. The number of hydrogen-bond acceptors (Lipinski definition) is 4. The second-order valence-corrected chi connectivity index (χ2v) is 5.11. The minimum atomic E-state index is -0.956. The van der Waals surface area contributed by atoms with Crippen molar-refractivity contribution >= 4 is 11.8 Å². The van der Waals surface area contributed by atoms with E-state index < -0.39 is 5.97 Å². The number of nitrogens with one attached hydrogen (secondary N) is 1. The van der Waals surface area contributed by atoms with Crippen molar-refractivity contribution in [2.45, 2.75) is 38.6 Å². The van der Waals surface area contributed by atoms with Crippen LogP contribution in [0.15, 0.2) is 12.1 Å². The normalized spacial score (nSPS) is 23.1. The van der Waals surface area contributed by atoms with Crippen molar-refractivity contribution in [3.63, 3.8) is 0 Å². The van der Waals surface area contributed by atoms with Gasteiger partial charge in [-0.05, 0) is 31.9 Å². The minimum absolute atomic E-state index is 0.184. The molecule has 0 spiro atoms. The maximum absolute atomic E-state index is 10.9. The Bertz CT molecular complexity index is 462. The zero-order chi connectivity index (χ0) is 13.8. The number of aromatic carboxylic acids is 1. The summed E-state index contributed by atoms with van der Waals surface area (Å²) in [5.74, 6) is -0.00897. The van der Waals surface area contributed by atoms with Gasteiger partial charge in [-0.2, -0.15) is 0 Å². The molecule has 2 atom stereocenters. The quantitative estimate of drug-likeness (QED) is 0.775. The molecule has 1 aromatic heterocycles. The van der Waals surface area contributed by atoms with E-state index in [2.05, 4.69) is 10.3 Å². The van der Waals surface area contributed by atoms with Gasteiger partial charge in [0.1, 0.15) is 5.82 Å². The van der Waals surface area contributed by atoms with Crippen molar-refractivity contribution in [3.05, 3.63) is 23.4 Å². The molecule has 5 nitrogen and oxygen atoms in total. The van der Waals surface area contributed by atoms with E-state index in [4.69, 9.17) is 5.11 Å². The fraction of sp³-hybridized carbons (Fsp3) is 0.571. The molecule has 2 unspecified atom stereocenters. The highest BCUT2D eigenvalue weighted by molar-refractivity contribution is 5.89. The number of rotatable bonds is 4. The average molecular weight is 264 g/mol. The number of pyridine rings is 1. The highest BCUT2D eigenvalue weighted by Gasteiger charge is 2.24. The second-order valence-electron chi connectivity index (χ2n) is 5.11. The van der Waals surface area contributed by atoms with Crippen molar-refractivity contribution in [1.82, 2.24) is 4.98 Å². The van der Waals surface area contributed by atoms with E-state index in [1.807, 2.05) is 0 Å². The third-order valence-corrected chi connectivity index (χ3v) is 3.79. The Morgan fingerprint density at radius 2 is 2.16 bits per heavy atom. The first kappa shape index (κ1) is 13.8. The molecule has 104 valence electrons. The predicted molar refractivity (Wildman–Crippen MR) is 72.4 cm³/mol. The van der Waals surface area contributed by atoms with Crippen LogP contribution in [0, 0.1) is 12.8 Å². The number of aromatic nitrogens is 1. The van der Waals surface area contributed by atoms with Crippen molar-refractivity contribution in [2.24, 2.45) is 5.92 Å². The Labute approximate surface area is 112 Å². The highest BCUT2D eigenvalue weighted by Crippen LogP contribution is 2.26. The van der Waals surface area contributed by atoms with Gasteiger partial charge in [0.25, 0.3) is 0 Å². The molecule has 19 heavy (non-hydrogen) atoms. The van der Waals surface area contributed by atoms with Gasteiger partial charge in [0.15, 0.2) is 0 Å². The predicted octanol–water partition coefficient (Wildman–Crippen LogP) is 2.05. The summed E-state index contributed by atoms with van der Waals surface area (Å²) in [5, 5.41) is 21.7. The van der Waals surface area contributed by atoms with Crippen LogP contribution in [-0.4, -0.2) is 33.8 Å². The number of carboxylic acids is 1. The molecule has 1 fully saturated rings. The molecule has 0 saturated heterocycles. The zero-order valence-electron chi connectivity index (χ0n) is 11.1. The Kier molecular flexibility index (Phi) is 4.37. The fourth-order valence-corrected chi connectivity index (χ4v) is 2.67. The van der Waals surface area contributed by atoms with Gasteiger partial charge in [0.05, 0.1) is 11.3 Å². The van der Waals surface area contributed by atoms with Crippen LogP contribution in [-0.2, 0) is 0 Å². The molecule has 0 bridgehead atoms. The van der Waals surface area contributed by atoms with E-state index in [0.29, 0.717) is 11.5 Å². The first-order chi connectivity index (χ1) is 9.11. The van der Waals surface area contributed by atoms with Crippen LogP contribution in [0.2, 0.25) is 0 Å². The maximum atomic E-state index is 10.9. The molecule has 0 aromatic carbocycles. The monoisotopic (exact) mass is 264 g/mol. The van der Waals surface area contributed by atoms with Crippen molar-refractivity contribution in [1.29, 1.82) is 0 Å². The molecule has 1 aromatic rings. The Hall–Kier alpha value is -1.62.